The highest BCUT2D eigenvalue weighted by molar-refractivity contribution is 7.87. The Morgan fingerprint density at radius 2 is 1.94 bits per heavy atom. The number of amides is 1. The zero-order chi connectivity index (χ0) is 13.8. The second-order valence-corrected chi connectivity index (χ2v) is 5.49. The standard InChI is InChI=1S/C9H16N2O6S/c1-16-8(12)7-4-3-5-11(6-7)18(14,15)10-9(13)17-2/h7H,3-6H2,1-2H3,(H,10,13)/t7-/m0/s1. The van der Waals surface area contributed by atoms with E-state index >= 15 is 0 Å². The van der Waals surface area contributed by atoms with Crippen molar-refractivity contribution in [3.05, 3.63) is 0 Å². The van der Waals surface area contributed by atoms with Gasteiger partial charge in [-0.3, -0.25) is 4.79 Å². The normalized spacial score (nSPS) is 21.1. The molecule has 18 heavy (non-hydrogen) atoms. The van der Waals surface area contributed by atoms with Crippen molar-refractivity contribution in [1.82, 2.24) is 9.03 Å². The topological polar surface area (TPSA) is 102 Å². The van der Waals surface area contributed by atoms with Gasteiger partial charge in [-0.1, -0.05) is 0 Å². The number of methoxy groups -OCH3 is 2. The Morgan fingerprint density at radius 1 is 1.28 bits per heavy atom. The Labute approximate surface area is 105 Å². The van der Waals surface area contributed by atoms with E-state index in [-0.39, 0.29) is 13.1 Å². The number of rotatable bonds is 3. The highest BCUT2D eigenvalue weighted by Crippen LogP contribution is 2.19. The number of hydrogen-bond acceptors (Lipinski definition) is 6. The number of esters is 1. The Kier molecular flexibility index (Phi) is 4.91. The molecule has 1 atom stereocenters. The summed E-state index contributed by atoms with van der Waals surface area (Å²) in [7, 11) is -1.65. The average Bonchev–Trinajstić information content (AvgIpc) is 2.37. The summed E-state index contributed by atoms with van der Waals surface area (Å²) in [6.45, 7) is 0.249. The Balaban J connectivity index is 2.71. The second kappa shape index (κ2) is 6.01. The number of piperidine rings is 1. The van der Waals surface area contributed by atoms with Gasteiger partial charge in [0.25, 0.3) is 0 Å². The zero-order valence-electron chi connectivity index (χ0n) is 10.2. The molecule has 0 aromatic heterocycles. The third kappa shape index (κ3) is 3.57. The highest BCUT2D eigenvalue weighted by atomic mass is 32.2. The van der Waals surface area contributed by atoms with Crippen molar-refractivity contribution < 1.29 is 27.5 Å². The van der Waals surface area contributed by atoms with Crippen molar-refractivity contribution in [3.8, 4) is 0 Å². The number of hydrogen-bond donors (Lipinski definition) is 1. The fourth-order valence-electron chi connectivity index (χ4n) is 1.73. The van der Waals surface area contributed by atoms with E-state index in [2.05, 4.69) is 9.47 Å². The third-order valence-electron chi connectivity index (χ3n) is 2.66. The first kappa shape index (κ1) is 14.7. The number of nitrogens with zero attached hydrogens (tertiary/aromatic N) is 1. The van der Waals surface area contributed by atoms with Crippen molar-refractivity contribution in [2.24, 2.45) is 5.92 Å². The molecule has 0 aliphatic carbocycles. The lowest BCUT2D eigenvalue weighted by atomic mass is 10.0. The van der Waals surface area contributed by atoms with Crippen LogP contribution in [0.2, 0.25) is 0 Å². The summed E-state index contributed by atoms with van der Waals surface area (Å²) in [6.07, 6.45) is 0.0360. The van der Waals surface area contributed by atoms with E-state index in [1.54, 1.807) is 4.72 Å². The lowest BCUT2D eigenvalue weighted by molar-refractivity contribution is -0.146. The van der Waals surface area contributed by atoms with Crippen LogP contribution in [0.25, 0.3) is 0 Å². The van der Waals surface area contributed by atoms with Crippen LogP contribution < -0.4 is 4.72 Å². The molecule has 0 unspecified atom stereocenters. The maximum atomic E-state index is 11.8. The average molecular weight is 280 g/mol. The van der Waals surface area contributed by atoms with Crippen molar-refractivity contribution in [2.75, 3.05) is 27.3 Å². The Morgan fingerprint density at radius 3 is 2.50 bits per heavy atom. The van der Waals surface area contributed by atoms with Crippen LogP contribution >= 0.6 is 0 Å². The van der Waals surface area contributed by atoms with Crippen molar-refractivity contribution in [3.63, 3.8) is 0 Å². The summed E-state index contributed by atoms with van der Waals surface area (Å²) in [5.41, 5.74) is 0. The van der Waals surface area contributed by atoms with Gasteiger partial charge in [0.2, 0.25) is 0 Å². The first-order chi connectivity index (χ1) is 8.40. The van der Waals surface area contributed by atoms with Gasteiger partial charge in [0.15, 0.2) is 0 Å². The largest absolute Gasteiger partial charge is 0.469 e. The van der Waals surface area contributed by atoms with E-state index in [9.17, 15) is 18.0 Å². The van der Waals surface area contributed by atoms with Crippen molar-refractivity contribution >= 4 is 22.3 Å². The molecule has 104 valence electrons. The molecule has 8 nitrogen and oxygen atoms in total. The minimum absolute atomic E-state index is 0.000991. The van der Waals surface area contributed by atoms with Crippen LogP contribution in [0.15, 0.2) is 0 Å². The molecule has 1 saturated heterocycles. The molecule has 0 saturated carbocycles. The maximum Gasteiger partial charge on any atom is 0.421 e. The molecule has 1 amide bonds. The third-order valence-corrected chi connectivity index (χ3v) is 4.09. The molecule has 0 radical (unpaired) electrons. The van der Waals surface area contributed by atoms with Crippen LogP contribution in [0.4, 0.5) is 4.79 Å². The van der Waals surface area contributed by atoms with Crippen LogP contribution in [0.5, 0.6) is 0 Å². The summed E-state index contributed by atoms with van der Waals surface area (Å²) >= 11 is 0. The molecule has 9 heteroatoms. The summed E-state index contributed by atoms with van der Waals surface area (Å²) in [5, 5.41) is 0. The summed E-state index contributed by atoms with van der Waals surface area (Å²) in [6, 6.07) is 0. The van der Waals surface area contributed by atoms with Crippen LogP contribution in [0, 0.1) is 5.92 Å². The molecule has 1 aliphatic rings. The van der Waals surface area contributed by atoms with Gasteiger partial charge in [-0.2, -0.15) is 12.7 Å². The summed E-state index contributed by atoms with van der Waals surface area (Å²) < 4.78 is 35.1. The molecule has 1 N–H and O–H groups in total. The van der Waals surface area contributed by atoms with Gasteiger partial charge >= 0.3 is 22.3 Å². The molecule has 0 aromatic carbocycles. The molecule has 1 aliphatic heterocycles. The number of ether oxygens (including phenoxy) is 2. The van der Waals surface area contributed by atoms with Gasteiger partial charge in [-0.05, 0) is 12.8 Å². The maximum absolute atomic E-state index is 11.8. The van der Waals surface area contributed by atoms with Crippen LogP contribution in [-0.4, -0.2) is 52.1 Å². The van der Waals surface area contributed by atoms with Gasteiger partial charge in [0.05, 0.1) is 20.1 Å². The van der Waals surface area contributed by atoms with E-state index in [4.69, 9.17) is 0 Å². The molecule has 0 spiro atoms. The van der Waals surface area contributed by atoms with Gasteiger partial charge in [0.1, 0.15) is 0 Å². The van der Waals surface area contributed by atoms with Gasteiger partial charge in [-0.15, -0.1) is 0 Å². The van der Waals surface area contributed by atoms with E-state index in [1.807, 2.05) is 0 Å². The predicted octanol–water partition coefficient (Wildman–Crippen LogP) is -0.528. The molecular formula is C9H16N2O6S. The van der Waals surface area contributed by atoms with Gasteiger partial charge in [0, 0.05) is 13.1 Å². The van der Waals surface area contributed by atoms with Crippen molar-refractivity contribution in [2.45, 2.75) is 12.8 Å². The molecule has 0 bridgehead atoms. The molecule has 0 aromatic rings. The smallest absolute Gasteiger partial charge is 0.421 e. The van der Waals surface area contributed by atoms with Crippen molar-refractivity contribution in [1.29, 1.82) is 0 Å². The lowest BCUT2D eigenvalue weighted by Crippen LogP contribution is -2.49. The fourth-order valence-corrected chi connectivity index (χ4v) is 2.90. The van der Waals surface area contributed by atoms with Crippen LogP contribution in [-0.2, 0) is 24.5 Å². The quantitative estimate of drug-likeness (QED) is 0.697. The van der Waals surface area contributed by atoms with E-state index in [0.717, 1.165) is 11.4 Å². The van der Waals surface area contributed by atoms with E-state index < -0.39 is 28.2 Å². The first-order valence-corrected chi connectivity index (χ1v) is 6.78. The minimum atomic E-state index is -3.97. The van der Waals surface area contributed by atoms with Crippen LogP contribution in [0.3, 0.4) is 0 Å². The van der Waals surface area contributed by atoms with Crippen LogP contribution in [0.1, 0.15) is 12.8 Å². The molecular weight excluding hydrogens is 264 g/mol. The number of nitrogens with one attached hydrogen (secondary N) is 1. The summed E-state index contributed by atoms with van der Waals surface area (Å²) in [4.78, 5) is 22.3. The Bertz CT molecular complexity index is 421. The lowest BCUT2D eigenvalue weighted by Gasteiger charge is -2.29. The second-order valence-electron chi connectivity index (χ2n) is 3.82. The Hall–Kier alpha value is -1.35. The van der Waals surface area contributed by atoms with E-state index in [1.165, 1.54) is 7.11 Å². The van der Waals surface area contributed by atoms with Gasteiger partial charge in [-0.25, -0.2) is 9.52 Å². The molecule has 1 heterocycles. The highest BCUT2D eigenvalue weighted by Gasteiger charge is 2.33. The van der Waals surface area contributed by atoms with Gasteiger partial charge < -0.3 is 9.47 Å². The number of carbonyl (C=O) groups is 2. The monoisotopic (exact) mass is 280 g/mol. The minimum Gasteiger partial charge on any atom is -0.469 e. The molecule has 1 fully saturated rings. The van der Waals surface area contributed by atoms with E-state index in [0.29, 0.717) is 12.8 Å². The first-order valence-electron chi connectivity index (χ1n) is 5.34. The molecule has 1 rings (SSSR count). The predicted molar refractivity (Wildman–Crippen MR) is 60.8 cm³/mol. The zero-order valence-corrected chi connectivity index (χ0v) is 11.0. The summed E-state index contributed by atoms with van der Waals surface area (Å²) in [5.74, 6) is -0.953. The fraction of sp³-hybridized carbons (Fsp3) is 0.778. The number of carbonyl (C=O) groups excluding carboxylic acids is 2. The SMILES string of the molecule is COC(=O)NS(=O)(=O)N1CCC[C@H](C(=O)OC)C1.